The van der Waals surface area contributed by atoms with E-state index < -0.39 is 0 Å². The van der Waals surface area contributed by atoms with Gasteiger partial charge in [-0.05, 0) is 44.9 Å². The molecule has 2 unspecified atom stereocenters. The van der Waals surface area contributed by atoms with Gasteiger partial charge >= 0.3 is 0 Å². The molecule has 6 nitrogen and oxygen atoms in total. The highest BCUT2D eigenvalue weighted by Gasteiger charge is 2.32. The number of piperazine rings is 1. The summed E-state index contributed by atoms with van der Waals surface area (Å²) in [7, 11) is 0. The van der Waals surface area contributed by atoms with Crippen molar-refractivity contribution in [3.8, 4) is 0 Å². The summed E-state index contributed by atoms with van der Waals surface area (Å²) in [5.74, 6) is -0.427. The zero-order chi connectivity index (χ0) is 18.7. The molecular weight excluding hydrogens is 335 g/mol. The van der Waals surface area contributed by atoms with Gasteiger partial charge in [-0.25, -0.2) is 4.39 Å². The van der Waals surface area contributed by atoms with Crippen molar-refractivity contribution in [2.45, 2.75) is 44.8 Å². The molecule has 1 saturated carbocycles. The molecule has 0 spiro atoms. The molecule has 0 aromatic heterocycles. The Morgan fingerprint density at radius 3 is 2.15 bits per heavy atom. The van der Waals surface area contributed by atoms with Gasteiger partial charge in [0.05, 0.1) is 12.1 Å². The van der Waals surface area contributed by atoms with Gasteiger partial charge in [0.15, 0.2) is 0 Å². The maximum absolute atomic E-state index is 13.2. The van der Waals surface area contributed by atoms with Crippen LogP contribution >= 0.6 is 0 Å². The van der Waals surface area contributed by atoms with Crippen molar-refractivity contribution in [3.63, 3.8) is 0 Å². The Morgan fingerprint density at radius 1 is 1.04 bits per heavy atom. The molecule has 1 heterocycles. The minimum Gasteiger partial charge on any atom is -0.352 e. The van der Waals surface area contributed by atoms with E-state index in [0.717, 1.165) is 39.0 Å². The number of rotatable bonds is 6. The third kappa shape index (κ3) is 4.80. The molecule has 2 N–H and O–H groups in total. The number of amides is 2. The van der Waals surface area contributed by atoms with E-state index in [1.807, 2.05) is 13.8 Å². The monoisotopic (exact) mass is 362 g/mol. The van der Waals surface area contributed by atoms with E-state index in [-0.39, 0.29) is 29.7 Å². The molecule has 2 atom stereocenters. The maximum atomic E-state index is 13.2. The Hall–Kier alpha value is -1.99. The number of hydrogen-bond acceptors (Lipinski definition) is 4. The van der Waals surface area contributed by atoms with E-state index in [1.54, 1.807) is 12.1 Å². The second kappa shape index (κ2) is 8.14. The van der Waals surface area contributed by atoms with Crippen LogP contribution in [-0.2, 0) is 9.59 Å². The van der Waals surface area contributed by atoms with Gasteiger partial charge < -0.3 is 10.6 Å². The number of carbonyl (C=O) groups excluding carboxylic acids is 2. The maximum Gasteiger partial charge on any atom is 0.241 e. The lowest BCUT2D eigenvalue weighted by atomic mass is 10.1. The lowest BCUT2D eigenvalue weighted by molar-refractivity contribution is -0.128. The highest BCUT2D eigenvalue weighted by atomic mass is 19.1. The average molecular weight is 362 g/mol. The van der Waals surface area contributed by atoms with Crippen molar-refractivity contribution < 1.29 is 14.0 Å². The summed E-state index contributed by atoms with van der Waals surface area (Å²) in [6.45, 7) is 6.73. The van der Waals surface area contributed by atoms with Crippen molar-refractivity contribution >= 4 is 17.5 Å². The van der Waals surface area contributed by atoms with Crippen molar-refractivity contribution in [3.05, 3.63) is 30.1 Å². The molecule has 1 saturated heterocycles. The van der Waals surface area contributed by atoms with Gasteiger partial charge in [0, 0.05) is 37.9 Å². The lowest BCUT2D eigenvalue weighted by Crippen LogP contribution is -2.57. The molecule has 0 radical (unpaired) electrons. The molecule has 1 aromatic rings. The largest absolute Gasteiger partial charge is 0.352 e. The van der Waals surface area contributed by atoms with Gasteiger partial charge in [-0.3, -0.25) is 19.4 Å². The van der Waals surface area contributed by atoms with E-state index >= 15 is 0 Å². The summed E-state index contributed by atoms with van der Waals surface area (Å²) in [4.78, 5) is 28.9. The molecule has 1 aliphatic heterocycles. The minimum absolute atomic E-state index is 0.0952. The predicted molar refractivity (Wildman–Crippen MR) is 98.3 cm³/mol. The van der Waals surface area contributed by atoms with Crippen LogP contribution < -0.4 is 10.6 Å². The predicted octanol–water partition coefficient (Wildman–Crippen LogP) is 1.44. The van der Waals surface area contributed by atoms with Gasteiger partial charge in [0.25, 0.3) is 0 Å². The molecule has 2 aliphatic rings. The fourth-order valence-electron chi connectivity index (χ4n) is 3.21. The van der Waals surface area contributed by atoms with Crippen LogP contribution in [0.25, 0.3) is 0 Å². The third-order valence-corrected chi connectivity index (χ3v) is 5.22. The number of halogens is 1. The normalized spacial score (nSPS) is 21.0. The van der Waals surface area contributed by atoms with Crippen LogP contribution in [0.3, 0.4) is 0 Å². The summed E-state index contributed by atoms with van der Waals surface area (Å²) < 4.78 is 13.2. The molecule has 2 amide bonds. The van der Waals surface area contributed by atoms with Crippen LogP contribution in [0.5, 0.6) is 0 Å². The molecule has 0 bridgehead atoms. The van der Waals surface area contributed by atoms with Gasteiger partial charge in [0.2, 0.25) is 11.8 Å². The number of hydrogen-bond donors (Lipinski definition) is 2. The standard InChI is InChI=1S/C19H27FN4O2/c1-13(18(25)21-16-6-7-16)23-8-10-24(11-9-23)14(2)19(26)22-17-5-3-4-15(20)12-17/h3-5,12-14,16H,6-11H2,1-2H3,(H,21,25)(H,22,26). The van der Waals surface area contributed by atoms with Crippen LogP contribution in [0.4, 0.5) is 10.1 Å². The zero-order valence-corrected chi connectivity index (χ0v) is 15.4. The van der Waals surface area contributed by atoms with Gasteiger partial charge in [-0.2, -0.15) is 0 Å². The average Bonchev–Trinajstić information content (AvgIpc) is 3.44. The molecule has 7 heteroatoms. The van der Waals surface area contributed by atoms with Crippen LogP contribution in [0.2, 0.25) is 0 Å². The second-order valence-electron chi connectivity index (χ2n) is 7.21. The quantitative estimate of drug-likeness (QED) is 0.804. The van der Waals surface area contributed by atoms with E-state index in [1.165, 1.54) is 12.1 Å². The van der Waals surface area contributed by atoms with Crippen LogP contribution in [0, 0.1) is 5.82 Å². The SMILES string of the molecule is CC(C(=O)Nc1cccc(F)c1)N1CCN(C(C)C(=O)NC2CC2)CC1. The smallest absolute Gasteiger partial charge is 0.241 e. The second-order valence-corrected chi connectivity index (χ2v) is 7.21. The Kier molecular flexibility index (Phi) is 5.88. The van der Waals surface area contributed by atoms with Crippen LogP contribution in [-0.4, -0.2) is 65.9 Å². The first-order chi connectivity index (χ1) is 12.4. The van der Waals surface area contributed by atoms with Crippen molar-refractivity contribution in [2.24, 2.45) is 0 Å². The number of anilines is 1. The summed E-state index contributed by atoms with van der Waals surface area (Å²) in [6, 6.07) is 5.82. The number of carbonyl (C=O) groups is 2. The fraction of sp³-hybridized carbons (Fsp3) is 0.579. The van der Waals surface area contributed by atoms with Gasteiger partial charge in [-0.1, -0.05) is 6.07 Å². The molecule has 3 rings (SSSR count). The molecular formula is C19H27FN4O2. The highest BCUT2D eigenvalue weighted by Crippen LogP contribution is 2.19. The lowest BCUT2D eigenvalue weighted by Gasteiger charge is -2.39. The first-order valence-electron chi connectivity index (χ1n) is 9.29. The molecule has 142 valence electrons. The molecule has 2 fully saturated rings. The topological polar surface area (TPSA) is 64.7 Å². The van der Waals surface area contributed by atoms with Crippen molar-refractivity contribution in [2.75, 3.05) is 31.5 Å². The Labute approximate surface area is 153 Å². The number of nitrogens with zero attached hydrogens (tertiary/aromatic N) is 2. The summed E-state index contributed by atoms with van der Waals surface area (Å²) in [6.07, 6.45) is 2.17. The Balaban J connectivity index is 1.47. The Bertz CT molecular complexity index is 657. The van der Waals surface area contributed by atoms with Crippen molar-refractivity contribution in [1.29, 1.82) is 0 Å². The third-order valence-electron chi connectivity index (χ3n) is 5.22. The number of benzene rings is 1. The highest BCUT2D eigenvalue weighted by molar-refractivity contribution is 5.94. The Morgan fingerprint density at radius 2 is 1.62 bits per heavy atom. The molecule has 1 aliphatic carbocycles. The molecule has 1 aromatic carbocycles. The van der Waals surface area contributed by atoms with E-state index in [4.69, 9.17) is 0 Å². The number of nitrogens with one attached hydrogen (secondary N) is 2. The zero-order valence-electron chi connectivity index (χ0n) is 15.4. The van der Waals surface area contributed by atoms with Gasteiger partial charge in [0.1, 0.15) is 5.82 Å². The summed E-state index contributed by atoms with van der Waals surface area (Å²) in [5, 5.41) is 5.81. The van der Waals surface area contributed by atoms with Crippen molar-refractivity contribution in [1.82, 2.24) is 15.1 Å². The minimum atomic E-state index is -0.373. The van der Waals surface area contributed by atoms with E-state index in [0.29, 0.717) is 11.7 Å². The van der Waals surface area contributed by atoms with E-state index in [9.17, 15) is 14.0 Å². The van der Waals surface area contributed by atoms with Crippen LogP contribution in [0.15, 0.2) is 24.3 Å². The summed E-state index contributed by atoms with van der Waals surface area (Å²) in [5.41, 5.74) is 0.464. The van der Waals surface area contributed by atoms with E-state index in [2.05, 4.69) is 20.4 Å². The first kappa shape index (κ1) is 18.8. The first-order valence-corrected chi connectivity index (χ1v) is 9.29. The van der Waals surface area contributed by atoms with Gasteiger partial charge in [-0.15, -0.1) is 0 Å². The van der Waals surface area contributed by atoms with Crippen LogP contribution in [0.1, 0.15) is 26.7 Å². The molecule has 26 heavy (non-hydrogen) atoms. The summed E-state index contributed by atoms with van der Waals surface area (Å²) >= 11 is 0. The fourth-order valence-corrected chi connectivity index (χ4v) is 3.21.